The van der Waals surface area contributed by atoms with E-state index in [0.29, 0.717) is 0 Å². The molecule has 0 N–H and O–H groups in total. The number of rotatable bonds is 5. The number of anilines is 2. The van der Waals surface area contributed by atoms with Crippen molar-refractivity contribution >= 4 is 28.9 Å². The van der Waals surface area contributed by atoms with E-state index in [0.717, 1.165) is 65.2 Å². The lowest BCUT2D eigenvalue weighted by Gasteiger charge is -2.35. The van der Waals surface area contributed by atoms with Crippen molar-refractivity contribution in [3.05, 3.63) is 83.8 Å². The summed E-state index contributed by atoms with van der Waals surface area (Å²) in [5.74, 6) is 1.90. The fraction of sp³-hybridized carbons (Fsp3) is 0.269. The first kappa shape index (κ1) is 22.5. The molecule has 0 unspecified atom stereocenters. The quantitative estimate of drug-likeness (QED) is 0.361. The molecule has 36 heavy (non-hydrogen) atoms. The van der Waals surface area contributed by atoms with Gasteiger partial charge in [-0.2, -0.15) is 10.2 Å². The number of benzene rings is 1. The Morgan fingerprint density at radius 2 is 1.53 bits per heavy atom. The summed E-state index contributed by atoms with van der Waals surface area (Å²) in [5.41, 5.74) is 5.40. The van der Waals surface area contributed by atoms with Crippen LogP contribution in [0.15, 0.2) is 67.6 Å². The predicted octanol–water partition coefficient (Wildman–Crippen LogP) is 4.05. The number of piperazine rings is 1. The van der Waals surface area contributed by atoms with Crippen molar-refractivity contribution < 1.29 is 0 Å². The van der Waals surface area contributed by atoms with Gasteiger partial charge in [-0.3, -0.25) is 4.68 Å². The van der Waals surface area contributed by atoms with Crippen LogP contribution in [0.3, 0.4) is 0 Å². The van der Waals surface area contributed by atoms with Gasteiger partial charge in [-0.05, 0) is 29.3 Å². The molecule has 1 aromatic carbocycles. The lowest BCUT2D eigenvalue weighted by atomic mass is 9.95. The van der Waals surface area contributed by atoms with Crippen LogP contribution in [0.5, 0.6) is 0 Å². The summed E-state index contributed by atoms with van der Waals surface area (Å²) in [6, 6.07) is 10.1. The highest BCUT2D eigenvalue weighted by molar-refractivity contribution is 6.30. The molecule has 6 rings (SSSR count). The Labute approximate surface area is 214 Å². The molecule has 0 bridgehead atoms. The third kappa shape index (κ3) is 4.26. The van der Waals surface area contributed by atoms with Crippen molar-refractivity contribution in [1.29, 1.82) is 0 Å². The molecule has 1 aliphatic heterocycles. The third-order valence-electron chi connectivity index (χ3n) is 6.81. The maximum atomic E-state index is 6.03. The third-order valence-corrected chi connectivity index (χ3v) is 7.07. The summed E-state index contributed by atoms with van der Waals surface area (Å²) in [4.78, 5) is 18.5. The summed E-state index contributed by atoms with van der Waals surface area (Å²) in [6.45, 7) is 5.44. The summed E-state index contributed by atoms with van der Waals surface area (Å²) >= 11 is 6.03. The molecule has 182 valence electrons. The van der Waals surface area contributed by atoms with Crippen LogP contribution in [0.25, 0.3) is 16.6 Å². The molecule has 1 saturated heterocycles. The molecule has 1 aliphatic rings. The Kier molecular flexibility index (Phi) is 5.77. The molecule has 5 aromatic rings. The summed E-state index contributed by atoms with van der Waals surface area (Å²) in [6.07, 6.45) is 11.4. The molecule has 0 radical (unpaired) electrons. The number of hydrogen-bond acceptors (Lipinski definition) is 7. The number of aromatic nitrogens is 7. The number of fused-ring (bicyclic) bond motifs is 1. The van der Waals surface area contributed by atoms with Crippen LogP contribution in [-0.4, -0.2) is 60.5 Å². The van der Waals surface area contributed by atoms with Crippen LogP contribution in [0.2, 0.25) is 5.02 Å². The monoisotopic (exact) mass is 499 g/mol. The van der Waals surface area contributed by atoms with Gasteiger partial charge >= 0.3 is 0 Å². The molecule has 0 spiro atoms. The van der Waals surface area contributed by atoms with Gasteiger partial charge in [0.25, 0.3) is 0 Å². The topological polar surface area (TPSA) is 80.3 Å². The first-order valence-electron chi connectivity index (χ1n) is 11.9. The number of nitrogens with zero attached hydrogens (tertiary/aromatic N) is 9. The molecule has 0 aliphatic carbocycles. The van der Waals surface area contributed by atoms with E-state index >= 15 is 0 Å². The minimum atomic E-state index is 0.201. The largest absolute Gasteiger partial charge is 0.351 e. The van der Waals surface area contributed by atoms with Crippen LogP contribution in [-0.2, 0) is 7.05 Å². The Hall–Kier alpha value is -3.98. The smallest absolute Gasteiger partial charge is 0.225 e. The Morgan fingerprint density at radius 1 is 0.806 bits per heavy atom. The van der Waals surface area contributed by atoms with E-state index in [1.54, 1.807) is 11.0 Å². The number of aryl methyl sites for hydroxylation is 1. The van der Waals surface area contributed by atoms with E-state index in [4.69, 9.17) is 11.6 Å². The van der Waals surface area contributed by atoms with E-state index in [2.05, 4.69) is 60.1 Å². The van der Waals surface area contributed by atoms with Gasteiger partial charge in [-0.15, -0.1) is 0 Å². The zero-order chi connectivity index (χ0) is 24.6. The van der Waals surface area contributed by atoms with E-state index in [-0.39, 0.29) is 5.92 Å². The molecular formula is C26H26ClN9. The highest BCUT2D eigenvalue weighted by Gasteiger charge is 2.23. The van der Waals surface area contributed by atoms with Crippen LogP contribution in [0.1, 0.15) is 24.0 Å². The van der Waals surface area contributed by atoms with Gasteiger partial charge in [0.05, 0.1) is 6.20 Å². The first-order chi connectivity index (χ1) is 17.5. The molecule has 0 amide bonds. The first-order valence-corrected chi connectivity index (χ1v) is 12.3. The second-order valence-electron chi connectivity index (χ2n) is 9.11. The average molecular weight is 500 g/mol. The lowest BCUT2D eigenvalue weighted by Crippen LogP contribution is -2.47. The van der Waals surface area contributed by atoms with Gasteiger partial charge in [0, 0.05) is 80.1 Å². The van der Waals surface area contributed by atoms with E-state index in [1.165, 1.54) is 5.56 Å². The van der Waals surface area contributed by atoms with Crippen molar-refractivity contribution in [2.24, 2.45) is 7.05 Å². The van der Waals surface area contributed by atoms with Crippen molar-refractivity contribution in [3.8, 4) is 11.1 Å². The van der Waals surface area contributed by atoms with Gasteiger partial charge in [-0.25, -0.2) is 19.5 Å². The Balaban J connectivity index is 1.15. The normalized spacial score (nSPS) is 15.0. The second-order valence-corrected chi connectivity index (χ2v) is 9.55. The van der Waals surface area contributed by atoms with Gasteiger partial charge in [-0.1, -0.05) is 30.7 Å². The molecule has 10 heteroatoms. The number of halogens is 1. The maximum absolute atomic E-state index is 6.03. The molecular weight excluding hydrogens is 474 g/mol. The predicted molar refractivity (Wildman–Crippen MR) is 141 cm³/mol. The van der Waals surface area contributed by atoms with E-state index < -0.39 is 0 Å². The van der Waals surface area contributed by atoms with Crippen molar-refractivity contribution in [1.82, 2.24) is 34.3 Å². The Bertz CT molecular complexity index is 1480. The van der Waals surface area contributed by atoms with Gasteiger partial charge in [0.15, 0.2) is 5.82 Å². The number of hydrogen-bond donors (Lipinski definition) is 0. The minimum Gasteiger partial charge on any atom is -0.351 e. The van der Waals surface area contributed by atoms with Crippen molar-refractivity contribution in [2.45, 2.75) is 12.8 Å². The highest BCUT2D eigenvalue weighted by atomic mass is 35.5. The van der Waals surface area contributed by atoms with Crippen molar-refractivity contribution in [2.75, 3.05) is 36.0 Å². The maximum Gasteiger partial charge on any atom is 0.225 e. The summed E-state index contributed by atoms with van der Waals surface area (Å²) < 4.78 is 3.69. The van der Waals surface area contributed by atoms with Crippen LogP contribution in [0.4, 0.5) is 11.8 Å². The second kappa shape index (κ2) is 9.23. The molecule has 5 heterocycles. The standard InChI is InChI=1S/C26H26ClN9/c1-18(19-3-5-23(27)6-4-19)21-12-28-26(29-13-21)35-9-7-34(8-10-35)25-24-11-20(16-36(24)32-17-30-25)22-14-31-33(2)15-22/h3-6,11-18H,7-10H2,1-2H3/t18-/m1/s1. The van der Waals surface area contributed by atoms with Crippen LogP contribution in [0, 0.1) is 0 Å². The van der Waals surface area contributed by atoms with E-state index in [1.807, 2.05) is 54.7 Å². The SMILES string of the molecule is C[C@H](c1ccc(Cl)cc1)c1cnc(N2CCN(c3ncnn4cc(-c5cnn(C)c5)cc34)CC2)nc1. The zero-order valence-corrected chi connectivity index (χ0v) is 20.9. The summed E-state index contributed by atoms with van der Waals surface area (Å²) in [5, 5.41) is 9.44. The summed E-state index contributed by atoms with van der Waals surface area (Å²) in [7, 11) is 1.92. The van der Waals surface area contributed by atoms with Gasteiger partial charge < -0.3 is 9.80 Å². The fourth-order valence-corrected chi connectivity index (χ4v) is 4.79. The van der Waals surface area contributed by atoms with E-state index in [9.17, 15) is 0 Å². The van der Waals surface area contributed by atoms with Gasteiger partial charge in [0.1, 0.15) is 11.8 Å². The lowest BCUT2D eigenvalue weighted by molar-refractivity contribution is 0.632. The molecule has 4 aromatic heterocycles. The average Bonchev–Trinajstić information content (AvgIpc) is 3.55. The van der Waals surface area contributed by atoms with Crippen LogP contribution < -0.4 is 9.80 Å². The Morgan fingerprint density at radius 3 is 2.22 bits per heavy atom. The fourth-order valence-electron chi connectivity index (χ4n) is 4.67. The molecule has 0 saturated carbocycles. The van der Waals surface area contributed by atoms with Crippen molar-refractivity contribution in [3.63, 3.8) is 0 Å². The van der Waals surface area contributed by atoms with Crippen LogP contribution >= 0.6 is 11.6 Å². The van der Waals surface area contributed by atoms with Gasteiger partial charge in [0.2, 0.25) is 5.95 Å². The molecule has 9 nitrogen and oxygen atoms in total. The molecule has 1 atom stereocenters. The molecule has 1 fully saturated rings. The zero-order valence-electron chi connectivity index (χ0n) is 20.2. The highest BCUT2D eigenvalue weighted by Crippen LogP contribution is 2.28. The minimum absolute atomic E-state index is 0.201.